The second-order valence-electron chi connectivity index (χ2n) is 5.77. The third-order valence-corrected chi connectivity index (χ3v) is 6.05. The number of sulfonamides is 1. The van der Waals surface area contributed by atoms with Crippen LogP contribution in [0.25, 0.3) is 0 Å². The molecule has 0 aromatic rings. The van der Waals surface area contributed by atoms with Crippen LogP contribution in [0.4, 0.5) is 0 Å². The third kappa shape index (κ3) is 4.21. The highest BCUT2D eigenvalue weighted by Crippen LogP contribution is 2.27. The van der Waals surface area contributed by atoms with E-state index in [-0.39, 0.29) is 6.04 Å². The molecule has 1 aliphatic carbocycles. The minimum atomic E-state index is -3.02. The first kappa shape index (κ1) is 14.3. The molecule has 1 saturated heterocycles. The van der Waals surface area contributed by atoms with Crippen LogP contribution in [0.5, 0.6) is 0 Å². The average molecular weight is 274 g/mol. The fraction of sp³-hybridized carbons (Fsp3) is 1.00. The second-order valence-corrected chi connectivity index (χ2v) is 7.81. The number of nitrogens with one attached hydrogen (secondary N) is 1. The molecule has 106 valence electrons. The van der Waals surface area contributed by atoms with Gasteiger partial charge in [0.15, 0.2) is 0 Å². The van der Waals surface area contributed by atoms with Gasteiger partial charge in [-0.25, -0.2) is 8.42 Å². The maximum Gasteiger partial charge on any atom is 0.214 e. The van der Waals surface area contributed by atoms with Gasteiger partial charge in [-0.05, 0) is 58.0 Å². The Morgan fingerprint density at radius 3 is 2.67 bits per heavy atom. The normalized spacial score (nSPS) is 26.4. The minimum Gasteiger partial charge on any atom is -0.316 e. The Hall–Kier alpha value is -0.130. The first-order chi connectivity index (χ1) is 8.59. The molecule has 0 amide bonds. The molecule has 0 aromatic heterocycles. The molecule has 0 radical (unpaired) electrons. The summed E-state index contributed by atoms with van der Waals surface area (Å²) in [7, 11) is -3.02. The summed E-state index contributed by atoms with van der Waals surface area (Å²) in [6.45, 7) is 4.65. The van der Waals surface area contributed by atoms with Crippen LogP contribution >= 0.6 is 0 Å². The zero-order valence-electron chi connectivity index (χ0n) is 11.4. The van der Waals surface area contributed by atoms with Crippen molar-refractivity contribution in [3.63, 3.8) is 0 Å². The molecule has 0 spiro atoms. The Labute approximate surface area is 111 Å². The molecule has 0 unspecified atom stereocenters. The molecule has 4 nitrogen and oxygen atoms in total. The third-order valence-electron chi connectivity index (χ3n) is 3.99. The van der Waals surface area contributed by atoms with E-state index in [4.69, 9.17) is 0 Å². The molecule has 2 fully saturated rings. The van der Waals surface area contributed by atoms with Crippen molar-refractivity contribution in [3.8, 4) is 0 Å². The molecule has 1 atom stereocenters. The van der Waals surface area contributed by atoms with Crippen molar-refractivity contribution in [3.05, 3.63) is 0 Å². The number of rotatable bonds is 7. The summed E-state index contributed by atoms with van der Waals surface area (Å²) in [6, 6.07) is 0.197. The van der Waals surface area contributed by atoms with E-state index >= 15 is 0 Å². The fourth-order valence-corrected chi connectivity index (χ4v) is 4.41. The van der Waals surface area contributed by atoms with Crippen LogP contribution in [0.1, 0.15) is 45.4 Å². The van der Waals surface area contributed by atoms with Gasteiger partial charge < -0.3 is 5.32 Å². The van der Waals surface area contributed by atoms with Crippen LogP contribution in [0.2, 0.25) is 0 Å². The second kappa shape index (κ2) is 6.35. The highest BCUT2D eigenvalue weighted by atomic mass is 32.2. The predicted molar refractivity (Wildman–Crippen MR) is 74.0 cm³/mol. The van der Waals surface area contributed by atoms with Gasteiger partial charge in [-0.2, -0.15) is 4.31 Å². The van der Waals surface area contributed by atoms with Crippen molar-refractivity contribution >= 4 is 10.0 Å². The number of hydrogen-bond acceptors (Lipinski definition) is 3. The molecule has 1 saturated carbocycles. The molecular weight excluding hydrogens is 248 g/mol. The maximum atomic E-state index is 12.2. The number of nitrogens with zero attached hydrogens (tertiary/aromatic N) is 1. The van der Waals surface area contributed by atoms with E-state index in [9.17, 15) is 8.42 Å². The Bertz CT molecular complexity index is 352. The average Bonchev–Trinajstić information content (AvgIpc) is 3.13. The van der Waals surface area contributed by atoms with Gasteiger partial charge in [0.2, 0.25) is 10.0 Å². The van der Waals surface area contributed by atoms with Crippen molar-refractivity contribution in [2.24, 2.45) is 5.92 Å². The molecular formula is C13H26N2O2S. The van der Waals surface area contributed by atoms with Crippen LogP contribution in [-0.4, -0.2) is 44.2 Å². The van der Waals surface area contributed by atoms with E-state index in [1.165, 1.54) is 12.8 Å². The molecule has 1 N–H and O–H groups in total. The Balaban J connectivity index is 1.68. The van der Waals surface area contributed by atoms with Crippen molar-refractivity contribution < 1.29 is 8.42 Å². The van der Waals surface area contributed by atoms with Gasteiger partial charge in [-0.1, -0.05) is 6.42 Å². The molecule has 2 rings (SSSR count). The zero-order valence-corrected chi connectivity index (χ0v) is 12.2. The molecule has 1 heterocycles. The van der Waals surface area contributed by atoms with Crippen LogP contribution in [0, 0.1) is 5.92 Å². The Kier molecular flexibility index (Phi) is 5.04. The summed E-state index contributed by atoms with van der Waals surface area (Å²) >= 11 is 0. The topological polar surface area (TPSA) is 49.4 Å². The SMILES string of the molecule is C[C@H]1CCCCN1S(=O)(=O)CCCNCC1CC1. The first-order valence-electron chi connectivity index (χ1n) is 7.30. The lowest BCUT2D eigenvalue weighted by Crippen LogP contribution is -2.43. The molecule has 0 bridgehead atoms. The molecule has 18 heavy (non-hydrogen) atoms. The summed E-state index contributed by atoms with van der Waals surface area (Å²) < 4.78 is 26.1. The fourth-order valence-electron chi connectivity index (χ4n) is 2.61. The summed E-state index contributed by atoms with van der Waals surface area (Å²) in [5.74, 6) is 1.17. The van der Waals surface area contributed by atoms with Gasteiger partial charge >= 0.3 is 0 Å². The number of piperidine rings is 1. The maximum absolute atomic E-state index is 12.2. The van der Waals surface area contributed by atoms with Gasteiger partial charge in [0.25, 0.3) is 0 Å². The minimum absolute atomic E-state index is 0.197. The van der Waals surface area contributed by atoms with Gasteiger partial charge in [0.05, 0.1) is 5.75 Å². The van der Waals surface area contributed by atoms with Crippen LogP contribution in [0.3, 0.4) is 0 Å². The van der Waals surface area contributed by atoms with Crippen LogP contribution < -0.4 is 5.32 Å². The summed E-state index contributed by atoms with van der Waals surface area (Å²) in [4.78, 5) is 0. The van der Waals surface area contributed by atoms with Crippen molar-refractivity contribution in [2.75, 3.05) is 25.4 Å². The summed E-state index contributed by atoms with van der Waals surface area (Å²) in [5.41, 5.74) is 0. The lowest BCUT2D eigenvalue weighted by atomic mass is 10.1. The summed E-state index contributed by atoms with van der Waals surface area (Å²) in [6.07, 6.45) is 6.62. The van der Waals surface area contributed by atoms with Crippen molar-refractivity contribution in [2.45, 2.75) is 51.5 Å². The van der Waals surface area contributed by atoms with E-state index in [1.54, 1.807) is 4.31 Å². The lowest BCUT2D eigenvalue weighted by molar-refractivity contribution is 0.268. The molecule has 5 heteroatoms. The smallest absolute Gasteiger partial charge is 0.214 e. The van der Waals surface area contributed by atoms with Crippen molar-refractivity contribution in [1.82, 2.24) is 9.62 Å². The Morgan fingerprint density at radius 2 is 2.00 bits per heavy atom. The van der Waals surface area contributed by atoms with E-state index in [0.717, 1.165) is 51.2 Å². The Morgan fingerprint density at radius 1 is 1.22 bits per heavy atom. The van der Waals surface area contributed by atoms with Crippen LogP contribution in [0.15, 0.2) is 0 Å². The molecule has 1 aliphatic heterocycles. The largest absolute Gasteiger partial charge is 0.316 e. The lowest BCUT2D eigenvalue weighted by Gasteiger charge is -2.32. The van der Waals surface area contributed by atoms with E-state index < -0.39 is 10.0 Å². The van der Waals surface area contributed by atoms with Gasteiger partial charge in [-0.3, -0.25) is 0 Å². The standard InChI is InChI=1S/C13H26N2O2S/c1-12-5-2-3-9-15(12)18(16,17)10-4-8-14-11-13-6-7-13/h12-14H,2-11H2,1H3/t12-/m0/s1. The highest BCUT2D eigenvalue weighted by molar-refractivity contribution is 7.89. The highest BCUT2D eigenvalue weighted by Gasteiger charge is 2.28. The predicted octanol–water partition coefficient (Wildman–Crippen LogP) is 1.58. The quantitative estimate of drug-likeness (QED) is 0.717. The van der Waals surface area contributed by atoms with Gasteiger partial charge in [0, 0.05) is 12.6 Å². The van der Waals surface area contributed by atoms with E-state index in [2.05, 4.69) is 5.32 Å². The van der Waals surface area contributed by atoms with E-state index in [0.29, 0.717) is 5.75 Å². The summed E-state index contributed by atoms with van der Waals surface area (Å²) in [5, 5.41) is 3.35. The monoisotopic (exact) mass is 274 g/mol. The van der Waals surface area contributed by atoms with Crippen LogP contribution in [-0.2, 0) is 10.0 Å². The molecule has 2 aliphatic rings. The van der Waals surface area contributed by atoms with Crippen molar-refractivity contribution in [1.29, 1.82) is 0 Å². The zero-order chi connectivity index (χ0) is 13.0. The van der Waals surface area contributed by atoms with Gasteiger partial charge in [-0.15, -0.1) is 0 Å². The first-order valence-corrected chi connectivity index (χ1v) is 8.91. The number of hydrogen-bond donors (Lipinski definition) is 1. The van der Waals surface area contributed by atoms with E-state index in [1.807, 2.05) is 6.92 Å². The van der Waals surface area contributed by atoms with Gasteiger partial charge in [0.1, 0.15) is 0 Å². The molecule has 0 aromatic carbocycles.